The van der Waals surface area contributed by atoms with Crippen molar-refractivity contribution >= 4 is 17.9 Å². The lowest BCUT2D eigenvalue weighted by Gasteiger charge is -2.28. The van der Waals surface area contributed by atoms with E-state index < -0.39 is 30.4 Å². The molecule has 1 aliphatic heterocycles. The molecular formula is C12H21N3O5. The molecule has 2 atom stereocenters. The summed E-state index contributed by atoms with van der Waals surface area (Å²) in [5.74, 6) is -2.07. The molecule has 8 nitrogen and oxygen atoms in total. The number of nitrogens with one attached hydrogen (secondary N) is 1. The van der Waals surface area contributed by atoms with E-state index in [0.29, 0.717) is 13.2 Å². The quantitative estimate of drug-likeness (QED) is 0.609. The predicted molar refractivity (Wildman–Crippen MR) is 70.0 cm³/mol. The van der Waals surface area contributed by atoms with Crippen LogP contribution in [0.15, 0.2) is 0 Å². The van der Waals surface area contributed by atoms with Crippen LogP contribution in [-0.4, -0.2) is 60.3 Å². The molecule has 0 spiro atoms. The molecule has 0 saturated carbocycles. The van der Waals surface area contributed by atoms with Crippen molar-refractivity contribution in [2.75, 3.05) is 20.2 Å². The highest BCUT2D eigenvalue weighted by Crippen LogP contribution is 2.13. The summed E-state index contributed by atoms with van der Waals surface area (Å²) in [7, 11) is 1.55. The Morgan fingerprint density at radius 1 is 1.45 bits per heavy atom. The number of nitrogens with zero attached hydrogens (tertiary/aromatic N) is 1. The maximum absolute atomic E-state index is 11.9. The van der Waals surface area contributed by atoms with Gasteiger partial charge in [-0.25, -0.2) is 9.59 Å². The van der Waals surface area contributed by atoms with Gasteiger partial charge >= 0.3 is 12.0 Å². The lowest BCUT2D eigenvalue weighted by atomic mass is 10.1. The molecule has 1 fully saturated rings. The van der Waals surface area contributed by atoms with Gasteiger partial charge in [-0.05, 0) is 19.3 Å². The van der Waals surface area contributed by atoms with Crippen LogP contribution < -0.4 is 11.1 Å². The van der Waals surface area contributed by atoms with E-state index in [-0.39, 0.29) is 6.10 Å². The van der Waals surface area contributed by atoms with Crippen molar-refractivity contribution in [3.05, 3.63) is 0 Å². The fraction of sp³-hybridized carbons (Fsp3) is 0.750. The van der Waals surface area contributed by atoms with Crippen LogP contribution in [0.1, 0.15) is 25.7 Å². The summed E-state index contributed by atoms with van der Waals surface area (Å²) < 4.78 is 5.50. The molecule has 0 radical (unpaired) electrons. The fourth-order valence-corrected chi connectivity index (χ4v) is 2.00. The Labute approximate surface area is 117 Å². The summed E-state index contributed by atoms with van der Waals surface area (Å²) in [6.45, 7) is 1.06. The number of carboxylic acid groups (broad SMARTS) is 1. The molecule has 1 aliphatic rings. The van der Waals surface area contributed by atoms with E-state index in [4.69, 9.17) is 15.6 Å². The topological polar surface area (TPSA) is 122 Å². The predicted octanol–water partition coefficient (Wildman–Crippen LogP) is -0.474. The zero-order chi connectivity index (χ0) is 15.1. The number of likely N-dealkylation sites (N-methyl/N-ethyl adjacent to an activating group) is 1. The number of carbonyl (C=O) groups excluding carboxylic acids is 2. The largest absolute Gasteiger partial charge is 0.480 e. The summed E-state index contributed by atoms with van der Waals surface area (Å²) in [5, 5.41) is 11.2. The Morgan fingerprint density at radius 2 is 2.15 bits per heavy atom. The van der Waals surface area contributed by atoms with Crippen LogP contribution in [0.5, 0.6) is 0 Å². The van der Waals surface area contributed by atoms with Crippen molar-refractivity contribution in [2.45, 2.75) is 37.8 Å². The highest BCUT2D eigenvalue weighted by atomic mass is 16.5. The Morgan fingerprint density at radius 3 is 2.65 bits per heavy atom. The molecule has 3 amide bonds. The number of aliphatic carboxylic acids is 1. The molecule has 20 heavy (non-hydrogen) atoms. The molecule has 0 aromatic carbocycles. The van der Waals surface area contributed by atoms with Gasteiger partial charge in [0.15, 0.2) is 0 Å². The molecule has 0 aliphatic carbocycles. The molecule has 1 unspecified atom stereocenters. The second kappa shape index (κ2) is 7.68. The van der Waals surface area contributed by atoms with E-state index >= 15 is 0 Å². The molecule has 8 heteroatoms. The minimum Gasteiger partial charge on any atom is -0.480 e. The second-order valence-corrected chi connectivity index (χ2v) is 4.88. The van der Waals surface area contributed by atoms with Gasteiger partial charge in [-0.3, -0.25) is 4.79 Å². The first-order valence-electron chi connectivity index (χ1n) is 6.54. The number of urea groups is 1. The van der Waals surface area contributed by atoms with Gasteiger partial charge in [-0.1, -0.05) is 0 Å². The molecule has 4 N–H and O–H groups in total. The molecule has 0 bridgehead atoms. The Bertz CT molecular complexity index is 368. The van der Waals surface area contributed by atoms with E-state index in [2.05, 4.69) is 5.32 Å². The average molecular weight is 287 g/mol. The van der Waals surface area contributed by atoms with Crippen LogP contribution in [-0.2, 0) is 14.3 Å². The summed E-state index contributed by atoms with van der Waals surface area (Å²) in [6.07, 6.45) is 2.49. The van der Waals surface area contributed by atoms with Crippen LogP contribution in [0, 0.1) is 0 Å². The van der Waals surface area contributed by atoms with Gasteiger partial charge < -0.3 is 25.8 Å². The Balaban J connectivity index is 2.45. The highest BCUT2D eigenvalue weighted by molar-refractivity contribution is 5.87. The van der Waals surface area contributed by atoms with Gasteiger partial charge in [0.25, 0.3) is 0 Å². The van der Waals surface area contributed by atoms with Crippen molar-refractivity contribution in [2.24, 2.45) is 5.73 Å². The minimum absolute atomic E-state index is 0.0288. The number of rotatable bonds is 6. The van der Waals surface area contributed by atoms with Crippen molar-refractivity contribution in [3.63, 3.8) is 0 Å². The number of nitrogens with two attached hydrogens (primary N) is 1. The second-order valence-electron chi connectivity index (χ2n) is 4.88. The van der Waals surface area contributed by atoms with E-state index in [9.17, 15) is 14.4 Å². The molecule has 0 aromatic heterocycles. The monoisotopic (exact) mass is 287 g/mol. The number of carbonyl (C=O) groups is 3. The van der Waals surface area contributed by atoms with Gasteiger partial charge in [0.2, 0.25) is 5.91 Å². The smallest absolute Gasteiger partial charge is 0.326 e. The van der Waals surface area contributed by atoms with Gasteiger partial charge in [-0.15, -0.1) is 0 Å². The van der Waals surface area contributed by atoms with Crippen molar-refractivity contribution in [3.8, 4) is 0 Å². The maximum atomic E-state index is 11.9. The third-order valence-corrected chi connectivity index (χ3v) is 3.10. The summed E-state index contributed by atoms with van der Waals surface area (Å²) in [6, 6.07) is -1.87. The number of ether oxygens (including phenoxy) is 1. The molecule has 1 rings (SSSR count). The number of hydrogen-bond acceptors (Lipinski definition) is 4. The first kappa shape index (κ1) is 16.2. The van der Waals surface area contributed by atoms with Crippen LogP contribution in [0.25, 0.3) is 0 Å². The van der Waals surface area contributed by atoms with Crippen molar-refractivity contribution in [1.29, 1.82) is 0 Å². The average Bonchev–Trinajstić information content (AvgIpc) is 2.38. The van der Waals surface area contributed by atoms with Gasteiger partial charge in [0.05, 0.1) is 12.5 Å². The summed E-state index contributed by atoms with van der Waals surface area (Å²) in [4.78, 5) is 34.9. The van der Waals surface area contributed by atoms with Gasteiger partial charge in [0, 0.05) is 20.2 Å². The molecule has 114 valence electrons. The van der Waals surface area contributed by atoms with E-state index in [1.165, 1.54) is 4.90 Å². The van der Waals surface area contributed by atoms with Crippen LogP contribution in [0.4, 0.5) is 4.79 Å². The van der Waals surface area contributed by atoms with Crippen LogP contribution in [0.2, 0.25) is 0 Å². The standard InChI is InChI=1S/C12H21N3O5/c1-15(7-8-4-2-3-5-20-8)12(19)14-9(11(17)18)6-10(13)16/h8-9H,2-7H2,1H3,(H2,13,16)(H,14,19)(H,17,18)/t8?,9-/m1/s1. The third kappa shape index (κ3) is 5.43. The van der Waals surface area contributed by atoms with Crippen LogP contribution >= 0.6 is 0 Å². The molecule has 1 saturated heterocycles. The summed E-state index contributed by atoms with van der Waals surface area (Å²) in [5.41, 5.74) is 4.95. The highest BCUT2D eigenvalue weighted by Gasteiger charge is 2.25. The zero-order valence-electron chi connectivity index (χ0n) is 11.5. The van der Waals surface area contributed by atoms with E-state index in [0.717, 1.165) is 19.3 Å². The molecular weight excluding hydrogens is 266 g/mol. The normalized spacial score (nSPS) is 19.9. The molecule has 0 aromatic rings. The Hall–Kier alpha value is -1.83. The third-order valence-electron chi connectivity index (χ3n) is 3.10. The summed E-state index contributed by atoms with van der Waals surface area (Å²) >= 11 is 0. The van der Waals surface area contributed by atoms with Crippen molar-refractivity contribution in [1.82, 2.24) is 10.2 Å². The molecule has 1 heterocycles. The van der Waals surface area contributed by atoms with Crippen molar-refractivity contribution < 1.29 is 24.2 Å². The number of hydrogen-bond donors (Lipinski definition) is 3. The lowest BCUT2D eigenvalue weighted by molar-refractivity contribution is -0.140. The van der Waals surface area contributed by atoms with E-state index in [1.54, 1.807) is 7.05 Å². The SMILES string of the molecule is CN(CC1CCCCO1)C(=O)N[C@H](CC(N)=O)C(=O)O. The van der Waals surface area contributed by atoms with Crippen LogP contribution in [0.3, 0.4) is 0 Å². The number of primary amides is 1. The number of carboxylic acids is 1. The zero-order valence-corrected chi connectivity index (χ0v) is 11.5. The first-order chi connectivity index (χ1) is 9.40. The minimum atomic E-state index is -1.31. The first-order valence-corrected chi connectivity index (χ1v) is 6.54. The van der Waals surface area contributed by atoms with Gasteiger partial charge in [-0.2, -0.15) is 0 Å². The van der Waals surface area contributed by atoms with Gasteiger partial charge in [0.1, 0.15) is 6.04 Å². The maximum Gasteiger partial charge on any atom is 0.326 e. The fourth-order valence-electron chi connectivity index (χ4n) is 2.00. The Kier molecular flexibility index (Phi) is 6.23. The number of amides is 3. The lowest BCUT2D eigenvalue weighted by Crippen LogP contribution is -2.50. The van der Waals surface area contributed by atoms with E-state index in [1.807, 2.05) is 0 Å².